The number of carbonyl (C=O) groups excluding carboxylic acids is 2. The Morgan fingerprint density at radius 1 is 1.11 bits per heavy atom. The highest BCUT2D eigenvalue weighted by Gasteiger charge is 2.22. The molecule has 4 rings (SSSR count). The minimum Gasteiger partial charge on any atom is -0.447 e. The Bertz CT molecular complexity index is 1200. The number of likely N-dealkylation sites (tertiary alicyclic amines) is 1. The van der Waals surface area contributed by atoms with Crippen LogP contribution in [-0.4, -0.2) is 47.7 Å². The fourth-order valence-electron chi connectivity index (χ4n) is 4.44. The number of alkyl carbamates (subject to hydrolysis) is 1. The van der Waals surface area contributed by atoms with Gasteiger partial charge in [-0.25, -0.2) is 4.79 Å². The van der Waals surface area contributed by atoms with E-state index in [4.69, 9.17) is 4.74 Å². The van der Waals surface area contributed by atoms with Gasteiger partial charge in [-0.15, -0.1) is 0 Å². The molecule has 8 nitrogen and oxygen atoms in total. The quantitative estimate of drug-likeness (QED) is 0.369. The lowest BCUT2D eigenvalue weighted by Gasteiger charge is -2.33. The van der Waals surface area contributed by atoms with Gasteiger partial charge in [-0.05, 0) is 93.6 Å². The molecule has 1 fully saturated rings. The number of nitrogens with zero attached hydrogens (tertiary/aromatic N) is 2. The molecular formula is C29H35N5O3. The Hall–Kier alpha value is -3.91. The van der Waals surface area contributed by atoms with Gasteiger partial charge in [0.25, 0.3) is 5.91 Å². The number of carbonyl (C=O) groups is 2. The fraction of sp³-hybridized carbons (Fsp3) is 0.345. The number of pyridine rings is 1. The van der Waals surface area contributed by atoms with Crippen molar-refractivity contribution in [3.05, 3.63) is 83.7 Å². The summed E-state index contributed by atoms with van der Waals surface area (Å²) in [4.78, 5) is 31.1. The number of anilines is 3. The molecule has 0 spiro atoms. The van der Waals surface area contributed by atoms with Gasteiger partial charge in [0, 0.05) is 29.7 Å². The number of aryl methyl sites for hydroxylation is 1. The van der Waals surface area contributed by atoms with Gasteiger partial charge < -0.3 is 20.7 Å². The Morgan fingerprint density at radius 3 is 2.65 bits per heavy atom. The van der Waals surface area contributed by atoms with Gasteiger partial charge >= 0.3 is 6.09 Å². The lowest BCUT2D eigenvalue weighted by atomic mass is 9.90. The number of nitrogens with one attached hydrogen (secondary N) is 3. The summed E-state index contributed by atoms with van der Waals surface area (Å²) in [5.74, 6) is 0.202. The highest BCUT2D eigenvalue weighted by molar-refractivity contribution is 6.04. The maximum atomic E-state index is 12.9. The molecule has 2 aromatic carbocycles. The number of amides is 2. The van der Waals surface area contributed by atoms with Crippen molar-refractivity contribution in [2.24, 2.45) is 0 Å². The first kappa shape index (κ1) is 26.2. The van der Waals surface area contributed by atoms with E-state index < -0.39 is 0 Å². The van der Waals surface area contributed by atoms with E-state index in [0.717, 1.165) is 48.6 Å². The monoisotopic (exact) mass is 501 g/mol. The standard InChI is InChI=1S/C29H35N5O3/c1-20(2)37-29(36)31-19-34-15-5-6-24(18-34)22-9-11-23(12-10-22)28(35)33-25-13-8-21(3)27(16-25)32-26-7-4-14-30-17-26/h4,7-14,16-17,20,24,32H,5-6,15,18-19H2,1-3H3,(H,31,36)(H,33,35). The number of aromatic nitrogens is 1. The normalized spacial score (nSPS) is 15.7. The van der Waals surface area contributed by atoms with Crippen LogP contribution in [0.3, 0.4) is 0 Å². The maximum absolute atomic E-state index is 12.9. The fourth-order valence-corrected chi connectivity index (χ4v) is 4.44. The number of ether oxygens (including phenoxy) is 1. The van der Waals surface area contributed by atoms with E-state index in [1.807, 2.05) is 75.4 Å². The van der Waals surface area contributed by atoms with Gasteiger partial charge in [-0.1, -0.05) is 18.2 Å². The van der Waals surface area contributed by atoms with Gasteiger partial charge in [-0.2, -0.15) is 0 Å². The Balaban J connectivity index is 1.34. The second-order valence-corrected chi connectivity index (χ2v) is 9.68. The number of piperidine rings is 1. The average Bonchev–Trinajstić information content (AvgIpc) is 2.90. The number of benzene rings is 2. The molecule has 0 radical (unpaired) electrons. The van der Waals surface area contributed by atoms with Crippen LogP contribution in [0.1, 0.15) is 54.1 Å². The van der Waals surface area contributed by atoms with Crippen LogP contribution in [0.2, 0.25) is 0 Å². The second kappa shape index (κ2) is 12.4. The summed E-state index contributed by atoms with van der Waals surface area (Å²) in [5, 5.41) is 9.18. The molecular weight excluding hydrogens is 466 g/mol. The highest BCUT2D eigenvalue weighted by Crippen LogP contribution is 2.28. The van der Waals surface area contributed by atoms with Gasteiger partial charge in [0.1, 0.15) is 0 Å². The van der Waals surface area contributed by atoms with Crippen molar-refractivity contribution in [2.45, 2.75) is 45.6 Å². The van der Waals surface area contributed by atoms with Crippen molar-refractivity contribution in [3.8, 4) is 0 Å². The van der Waals surface area contributed by atoms with Crippen molar-refractivity contribution in [1.82, 2.24) is 15.2 Å². The maximum Gasteiger partial charge on any atom is 0.408 e. The van der Waals surface area contributed by atoms with E-state index in [-0.39, 0.29) is 18.1 Å². The molecule has 2 amide bonds. The third-order valence-corrected chi connectivity index (χ3v) is 6.38. The van der Waals surface area contributed by atoms with Crippen LogP contribution in [0.25, 0.3) is 0 Å². The van der Waals surface area contributed by atoms with Crippen LogP contribution < -0.4 is 16.0 Å². The van der Waals surface area contributed by atoms with E-state index in [2.05, 4.69) is 25.8 Å². The SMILES string of the molecule is Cc1ccc(NC(=O)c2ccc(C3CCCN(CNC(=O)OC(C)C)C3)cc2)cc1Nc1cccnc1. The Labute approximate surface area is 218 Å². The average molecular weight is 502 g/mol. The van der Waals surface area contributed by atoms with E-state index >= 15 is 0 Å². The summed E-state index contributed by atoms with van der Waals surface area (Å²) in [6, 6.07) is 17.5. The Kier molecular flexibility index (Phi) is 8.74. The topological polar surface area (TPSA) is 95.6 Å². The van der Waals surface area contributed by atoms with Gasteiger partial charge in [-0.3, -0.25) is 14.7 Å². The summed E-state index contributed by atoms with van der Waals surface area (Å²) in [6.07, 6.45) is 5.09. The zero-order valence-electron chi connectivity index (χ0n) is 21.7. The van der Waals surface area contributed by atoms with E-state index in [0.29, 0.717) is 18.2 Å². The molecule has 1 atom stereocenters. The van der Waals surface area contributed by atoms with E-state index in [9.17, 15) is 9.59 Å². The highest BCUT2D eigenvalue weighted by atomic mass is 16.6. The first-order chi connectivity index (χ1) is 17.9. The first-order valence-electron chi connectivity index (χ1n) is 12.7. The molecule has 3 aromatic rings. The summed E-state index contributed by atoms with van der Waals surface area (Å²) < 4.78 is 5.15. The molecule has 1 aromatic heterocycles. The third kappa shape index (κ3) is 7.54. The zero-order chi connectivity index (χ0) is 26.2. The number of hydrogen-bond acceptors (Lipinski definition) is 6. The first-order valence-corrected chi connectivity index (χ1v) is 12.7. The predicted octanol–water partition coefficient (Wildman–Crippen LogP) is 5.66. The number of rotatable bonds is 8. The summed E-state index contributed by atoms with van der Waals surface area (Å²) in [5.41, 5.74) is 5.39. The minimum absolute atomic E-state index is 0.138. The van der Waals surface area contributed by atoms with Crippen LogP contribution in [0.5, 0.6) is 0 Å². The van der Waals surface area contributed by atoms with Crippen LogP contribution in [0.15, 0.2) is 67.0 Å². The predicted molar refractivity (Wildman–Crippen MR) is 146 cm³/mol. The molecule has 0 saturated carbocycles. The molecule has 8 heteroatoms. The molecule has 2 heterocycles. The largest absolute Gasteiger partial charge is 0.447 e. The summed E-state index contributed by atoms with van der Waals surface area (Å²) in [7, 11) is 0. The molecule has 37 heavy (non-hydrogen) atoms. The van der Waals surface area contributed by atoms with Crippen LogP contribution >= 0.6 is 0 Å². The van der Waals surface area contributed by atoms with Crippen LogP contribution in [0, 0.1) is 6.92 Å². The van der Waals surface area contributed by atoms with Crippen molar-refractivity contribution in [3.63, 3.8) is 0 Å². The van der Waals surface area contributed by atoms with Crippen molar-refractivity contribution in [1.29, 1.82) is 0 Å². The lowest BCUT2D eigenvalue weighted by molar-refractivity contribution is 0.102. The molecule has 194 valence electrons. The van der Waals surface area contributed by atoms with E-state index in [1.165, 1.54) is 5.56 Å². The lowest BCUT2D eigenvalue weighted by Crippen LogP contribution is -2.43. The van der Waals surface area contributed by atoms with Gasteiger partial charge in [0.2, 0.25) is 0 Å². The minimum atomic E-state index is -0.388. The molecule has 0 bridgehead atoms. The van der Waals surface area contributed by atoms with Crippen molar-refractivity contribution in [2.75, 3.05) is 30.4 Å². The Morgan fingerprint density at radius 2 is 1.92 bits per heavy atom. The van der Waals surface area contributed by atoms with E-state index in [1.54, 1.807) is 12.4 Å². The smallest absolute Gasteiger partial charge is 0.408 e. The van der Waals surface area contributed by atoms with Crippen LogP contribution in [0.4, 0.5) is 21.9 Å². The molecule has 1 aliphatic heterocycles. The summed E-state index contributed by atoms with van der Waals surface area (Å²) in [6.45, 7) is 7.94. The molecule has 0 aliphatic carbocycles. The number of hydrogen-bond donors (Lipinski definition) is 3. The third-order valence-electron chi connectivity index (χ3n) is 6.38. The van der Waals surface area contributed by atoms with Crippen molar-refractivity contribution >= 4 is 29.1 Å². The zero-order valence-corrected chi connectivity index (χ0v) is 21.7. The molecule has 1 unspecified atom stereocenters. The van der Waals surface area contributed by atoms with Gasteiger partial charge in [0.05, 0.1) is 24.7 Å². The molecule has 1 aliphatic rings. The summed E-state index contributed by atoms with van der Waals surface area (Å²) >= 11 is 0. The second-order valence-electron chi connectivity index (χ2n) is 9.68. The molecule has 3 N–H and O–H groups in total. The molecule has 1 saturated heterocycles. The van der Waals surface area contributed by atoms with Crippen LogP contribution in [-0.2, 0) is 4.74 Å². The van der Waals surface area contributed by atoms with Gasteiger partial charge in [0.15, 0.2) is 0 Å². The van der Waals surface area contributed by atoms with Crippen molar-refractivity contribution < 1.29 is 14.3 Å².